The first-order valence-electron chi connectivity index (χ1n) is 4.55. The minimum Gasteiger partial charge on any atom is -0.353 e. The van der Waals surface area contributed by atoms with Crippen molar-refractivity contribution < 1.29 is 4.79 Å². The molecule has 0 saturated heterocycles. The van der Waals surface area contributed by atoms with Crippen molar-refractivity contribution in [1.29, 1.82) is 5.26 Å². The van der Waals surface area contributed by atoms with E-state index in [0.717, 1.165) is 19.3 Å². The normalized spacial score (nSPS) is 21.0. The predicted molar refractivity (Wildman–Crippen MR) is 48.6 cm³/mol. The third-order valence-corrected chi connectivity index (χ3v) is 2.49. The number of carbonyl (C=O) groups excluding carboxylic acids is 1. The van der Waals surface area contributed by atoms with Crippen molar-refractivity contribution in [2.75, 3.05) is 6.54 Å². The van der Waals surface area contributed by atoms with Crippen LogP contribution in [-0.2, 0) is 4.79 Å². The van der Waals surface area contributed by atoms with Crippen LogP contribution in [0.5, 0.6) is 0 Å². The molecule has 1 amide bonds. The van der Waals surface area contributed by atoms with Crippen LogP contribution in [0.2, 0.25) is 0 Å². The molecule has 1 atom stereocenters. The van der Waals surface area contributed by atoms with Crippen molar-refractivity contribution in [3.05, 3.63) is 0 Å². The molecule has 0 aromatic carbocycles. The minimum absolute atomic E-state index is 0.110. The number of nitrogens with two attached hydrogens (primary N) is 1. The molecule has 1 unspecified atom stereocenters. The average Bonchev–Trinajstić information content (AvgIpc) is 2.09. The molecule has 4 nitrogen and oxygen atoms in total. The second-order valence-electron chi connectivity index (χ2n) is 3.75. The largest absolute Gasteiger partial charge is 0.353 e. The maximum absolute atomic E-state index is 11.4. The lowest BCUT2D eigenvalue weighted by Crippen LogP contribution is -2.58. The van der Waals surface area contributed by atoms with Crippen molar-refractivity contribution in [3.8, 4) is 6.07 Å². The van der Waals surface area contributed by atoms with E-state index in [2.05, 4.69) is 11.4 Å². The van der Waals surface area contributed by atoms with E-state index in [1.54, 1.807) is 6.92 Å². The fourth-order valence-electron chi connectivity index (χ4n) is 1.25. The van der Waals surface area contributed by atoms with Crippen molar-refractivity contribution in [2.24, 2.45) is 11.7 Å². The highest BCUT2D eigenvalue weighted by atomic mass is 16.2. The van der Waals surface area contributed by atoms with Gasteiger partial charge in [0, 0.05) is 6.54 Å². The van der Waals surface area contributed by atoms with E-state index >= 15 is 0 Å². The molecule has 0 radical (unpaired) electrons. The van der Waals surface area contributed by atoms with Crippen molar-refractivity contribution in [2.45, 2.75) is 31.7 Å². The van der Waals surface area contributed by atoms with Crippen LogP contribution in [0.25, 0.3) is 0 Å². The summed E-state index contributed by atoms with van der Waals surface area (Å²) in [7, 11) is 0. The monoisotopic (exact) mass is 181 g/mol. The molecule has 0 bridgehead atoms. The van der Waals surface area contributed by atoms with Crippen LogP contribution < -0.4 is 11.1 Å². The molecule has 4 heteroatoms. The minimum atomic E-state index is -0.644. The first-order valence-corrected chi connectivity index (χ1v) is 4.55. The number of hydrogen-bond acceptors (Lipinski definition) is 3. The van der Waals surface area contributed by atoms with Gasteiger partial charge in [-0.25, -0.2) is 0 Å². The van der Waals surface area contributed by atoms with Gasteiger partial charge >= 0.3 is 0 Å². The molecule has 1 fully saturated rings. The third-order valence-electron chi connectivity index (χ3n) is 2.49. The van der Waals surface area contributed by atoms with Crippen LogP contribution in [0, 0.1) is 17.2 Å². The molecule has 72 valence electrons. The Balaban J connectivity index is 2.30. The van der Waals surface area contributed by atoms with E-state index in [4.69, 9.17) is 11.0 Å². The summed E-state index contributed by atoms with van der Waals surface area (Å²) in [5.41, 5.74) is 5.14. The number of nitriles is 1. The highest BCUT2D eigenvalue weighted by Gasteiger charge is 2.39. The number of hydrogen-bond donors (Lipinski definition) is 2. The van der Waals surface area contributed by atoms with Gasteiger partial charge in [-0.2, -0.15) is 5.26 Å². The van der Waals surface area contributed by atoms with Gasteiger partial charge in [0.25, 0.3) is 0 Å². The van der Waals surface area contributed by atoms with Crippen LogP contribution >= 0.6 is 0 Å². The fraction of sp³-hybridized carbons (Fsp3) is 0.778. The molecule has 0 aromatic heterocycles. The summed E-state index contributed by atoms with van der Waals surface area (Å²) >= 11 is 0. The molecule has 1 aliphatic carbocycles. The lowest BCUT2D eigenvalue weighted by atomic mass is 9.77. The van der Waals surface area contributed by atoms with Gasteiger partial charge in [-0.1, -0.05) is 0 Å². The van der Waals surface area contributed by atoms with Gasteiger partial charge in [-0.3, -0.25) is 4.79 Å². The smallest absolute Gasteiger partial charge is 0.240 e. The Morgan fingerprint density at radius 3 is 2.77 bits per heavy atom. The fourth-order valence-corrected chi connectivity index (χ4v) is 1.25. The van der Waals surface area contributed by atoms with E-state index in [1.165, 1.54) is 0 Å². The van der Waals surface area contributed by atoms with Crippen LogP contribution in [0.1, 0.15) is 26.2 Å². The Bertz CT molecular complexity index is 240. The average molecular weight is 181 g/mol. The van der Waals surface area contributed by atoms with E-state index in [1.807, 2.05) is 0 Å². The molecule has 0 aliphatic heterocycles. The standard InChI is InChI=1S/C9H15N3O/c1-7(5-10)6-12-8(13)9(11)3-2-4-9/h7H,2-4,6,11H2,1H3,(H,12,13). The molecule has 3 N–H and O–H groups in total. The maximum atomic E-state index is 11.4. The van der Waals surface area contributed by atoms with Crippen LogP contribution in [-0.4, -0.2) is 18.0 Å². The Labute approximate surface area is 78.1 Å². The van der Waals surface area contributed by atoms with E-state index in [-0.39, 0.29) is 11.8 Å². The summed E-state index contributed by atoms with van der Waals surface area (Å²) in [5, 5.41) is 11.2. The van der Waals surface area contributed by atoms with Crippen LogP contribution in [0.4, 0.5) is 0 Å². The summed E-state index contributed by atoms with van der Waals surface area (Å²) in [6, 6.07) is 2.05. The highest BCUT2D eigenvalue weighted by Crippen LogP contribution is 2.28. The molecular formula is C9H15N3O. The highest BCUT2D eigenvalue weighted by molar-refractivity contribution is 5.86. The lowest BCUT2D eigenvalue weighted by Gasteiger charge is -2.36. The summed E-state index contributed by atoms with van der Waals surface area (Å²) in [4.78, 5) is 11.4. The summed E-state index contributed by atoms with van der Waals surface area (Å²) in [6.45, 7) is 2.17. The van der Waals surface area contributed by atoms with E-state index in [0.29, 0.717) is 6.54 Å². The molecule has 1 rings (SSSR count). The number of rotatable bonds is 3. The number of carbonyl (C=O) groups is 1. The molecule has 1 aliphatic rings. The Morgan fingerprint density at radius 1 is 1.77 bits per heavy atom. The zero-order chi connectivity index (χ0) is 9.90. The second-order valence-corrected chi connectivity index (χ2v) is 3.75. The lowest BCUT2D eigenvalue weighted by molar-refractivity contribution is -0.129. The van der Waals surface area contributed by atoms with Gasteiger partial charge < -0.3 is 11.1 Å². The van der Waals surface area contributed by atoms with E-state index in [9.17, 15) is 4.79 Å². The first kappa shape index (κ1) is 10.0. The van der Waals surface area contributed by atoms with Crippen molar-refractivity contribution >= 4 is 5.91 Å². The van der Waals surface area contributed by atoms with Crippen LogP contribution in [0.15, 0.2) is 0 Å². The molecule has 0 aromatic rings. The summed E-state index contributed by atoms with van der Waals surface area (Å²) in [5.74, 6) is -0.256. The Hall–Kier alpha value is -1.08. The Morgan fingerprint density at radius 2 is 2.38 bits per heavy atom. The van der Waals surface area contributed by atoms with Gasteiger partial charge in [0.15, 0.2) is 0 Å². The Kier molecular flexibility index (Phi) is 2.89. The SMILES string of the molecule is CC(C#N)CNC(=O)C1(N)CCC1. The number of nitrogens with one attached hydrogen (secondary N) is 1. The third kappa shape index (κ3) is 2.19. The first-order chi connectivity index (χ1) is 6.08. The molecule has 0 heterocycles. The number of nitrogens with zero attached hydrogens (tertiary/aromatic N) is 1. The zero-order valence-corrected chi connectivity index (χ0v) is 7.84. The molecule has 1 saturated carbocycles. The number of amides is 1. The second kappa shape index (κ2) is 3.75. The summed E-state index contributed by atoms with van der Waals surface area (Å²) in [6.07, 6.45) is 2.55. The van der Waals surface area contributed by atoms with Gasteiger partial charge in [0.1, 0.15) is 0 Å². The maximum Gasteiger partial charge on any atom is 0.240 e. The summed E-state index contributed by atoms with van der Waals surface area (Å²) < 4.78 is 0. The topological polar surface area (TPSA) is 78.9 Å². The van der Waals surface area contributed by atoms with E-state index < -0.39 is 5.54 Å². The molecular weight excluding hydrogens is 166 g/mol. The molecule has 0 spiro atoms. The van der Waals surface area contributed by atoms with Crippen LogP contribution in [0.3, 0.4) is 0 Å². The quantitative estimate of drug-likeness (QED) is 0.650. The zero-order valence-electron chi connectivity index (χ0n) is 7.84. The van der Waals surface area contributed by atoms with Crippen molar-refractivity contribution in [1.82, 2.24) is 5.32 Å². The van der Waals surface area contributed by atoms with Gasteiger partial charge in [-0.05, 0) is 26.2 Å². The van der Waals surface area contributed by atoms with Gasteiger partial charge in [-0.15, -0.1) is 0 Å². The van der Waals surface area contributed by atoms with Crippen molar-refractivity contribution in [3.63, 3.8) is 0 Å². The molecule has 13 heavy (non-hydrogen) atoms. The predicted octanol–water partition coefficient (Wildman–Crippen LogP) is 0.144. The van der Waals surface area contributed by atoms with Gasteiger partial charge in [0.05, 0.1) is 17.5 Å². The van der Waals surface area contributed by atoms with Gasteiger partial charge in [0.2, 0.25) is 5.91 Å².